The van der Waals surface area contributed by atoms with E-state index in [1.165, 1.54) is 54.7 Å². The van der Waals surface area contributed by atoms with Crippen LogP contribution < -0.4 is 21.7 Å². The first-order valence-corrected chi connectivity index (χ1v) is 15.3. The van der Waals surface area contributed by atoms with Gasteiger partial charge in [0.05, 0.1) is 36.8 Å². The van der Waals surface area contributed by atoms with Gasteiger partial charge in [0, 0.05) is 43.6 Å². The second-order valence-electron chi connectivity index (χ2n) is 11.5. The average molecular weight is 642 g/mol. The molecule has 2 saturated heterocycles. The van der Waals surface area contributed by atoms with Gasteiger partial charge in [-0.3, -0.25) is 9.78 Å². The van der Waals surface area contributed by atoms with Gasteiger partial charge in [-0.15, -0.1) is 0 Å². The number of halogens is 3. The molecule has 246 valence electrons. The normalized spacial score (nSPS) is 20.3. The van der Waals surface area contributed by atoms with E-state index in [1.807, 2.05) is 0 Å². The molecule has 0 saturated carbocycles. The summed E-state index contributed by atoms with van der Waals surface area (Å²) in [5, 5.41) is 8.72. The Morgan fingerprint density at radius 2 is 1.67 bits per heavy atom. The van der Waals surface area contributed by atoms with Crippen LogP contribution >= 0.6 is 0 Å². The van der Waals surface area contributed by atoms with Gasteiger partial charge in [-0.1, -0.05) is 24.3 Å². The molecule has 5 rings (SSSR count). The number of nitrogens with zero attached hydrogens (tertiary/aromatic N) is 1. The van der Waals surface area contributed by atoms with Crippen LogP contribution in [0.5, 0.6) is 0 Å². The van der Waals surface area contributed by atoms with Crippen LogP contribution in [0.1, 0.15) is 35.4 Å². The average Bonchev–Trinajstić information content (AvgIpc) is 3.58. The highest BCUT2D eigenvalue weighted by Gasteiger charge is 2.30. The van der Waals surface area contributed by atoms with Gasteiger partial charge in [0.2, 0.25) is 5.91 Å². The monoisotopic (exact) mass is 641 g/mol. The smallest absolute Gasteiger partial charge is 0.407 e. The number of alkyl carbamates (subject to hydrolysis) is 1. The van der Waals surface area contributed by atoms with E-state index >= 15 is 4.39 Å². The first-order valence-electron chi connectivity index (χ1n) is 15.3. The maximum atomic E-state index is 15.0. The number of benzene rings is 2. The molecule has 2 unspecified atom stereocenters. The van der Waals surface area contributed by atoms with Crippen molar-refractivity contribution in [3.63, 3.8) is 0 Å². The first-order chi connectivity index (χ1) is 22.3. The minimum Gasteiger partial charge on any atom is -0.447 e. The third-order valence-electron chi connectivity index (χ3n) is 8.19. The Labute approximate surface area is 265 Å². The Bertz CT molecular complexity index is 1410. The van der Waals surface area contributed by atoms with E-state index in [-0.39, 0.29) is 42.4 Å². The molecule has 46 heavy (non-hydrogen) atoms. The lowest BCUT2D eigenvalue weighted by Crippen LogP contribution is -2.47. The Morgan fingerprint density at radius 3 is 2.33 bits per heavy atom. The molecule has 13 heteroatoms. The van der Waals surface area contributed by atoms with Crippen molar-refractivity contribution in [2.24, 2.45) is 11.7 Å². The molecule has 0 spiro atoms. The van der Waals surface area contributed by atoms with E-state index in [2.05, 4.69) is 20.9 Å². The molecular formula is C33H38F3N5O5. The topological polar surface area (TPSA) is 137 Å². The van der Waals surface area contributed by atoms with E-state index in [1.54, 1.807) is 0 Å². The van der Waals surface area contributed by atoms with Gasteiger partial charge in [-0.05, 0) is 54.7 Å². The number of aromatic nitrogens is 1. The second kappa shape index (κ2) is 16.0. The van der Waals surface area contributed by atoms with Gasteiger partial charge in [0.1, 0.15) is 30.2 Å². The summed E-state index contributed by atoms with van der Waals surface area (Å²) in [5.74, 6) is -2.60. The third kappa shape index (κ3) is 9.03. The molecule has 1 aromatic heterocycles. The van der Waals surface area contributed by atoms with Gasteiger partial charge >= 0.3 is 6.09 Å². The number of nitrogens with one attached hydrogen (secondary N) is 3. The van der Waals surface area contributed by atoms with Crippen molar-refractivity contribution < 1.29 is 37.0 Å². The Kier molecular flexibility index (Phi) is 11.6. The van der Waals surface area contributed by atoms with E-state index in [0.29, 0.717) is 50.4 Å². The number of nitrogens with two attached hydrogens (primary N) is 1. The molecule has 3 heterocycles. The van der Waals surface area contributed by atoms with Crippen molar-refractivity contribution in [1.82, 2.24) is 15.6 Å². The fourth-order valence-corrected chi connectivity index (χ4v) is 5.68. The lowest BCUT2D eigenvalue weighted by Gasteiger charge is -2.31. The molecule has 0 aliphatic carbocycles. The van der Waals surface area contributed by atoms with Crippen molar-refractivity contribution in [1.29, 1.82) is 0 Å². The summed E-state index contributed by atoms with van der Waals surface area (Å²) in [6.07, 6.45) is 2.73. The molecule has 0 radical (unpaired) electrons. The Hall–Kier alpha value is -4.04. The Morgan fingerprint density at radius 1 is 1.00 bits per heavy atom. The van der Waals surface area contributed by atoms with Crippen molar-refractivity contribution in [2.75, 3.05) is 44.8 Å². The van der Waals surface area contributed by atoms with E-state index in [0.717, 1.165) is 12.6 Å². The van der Waals surface area contributed by atoms with Gasteiger partial charge < -0.3 is 35.9 Å². The number of rotatable bonds is 12. The maximum absolute atomic E-state index is 15.0. The van der Waals surface area contributed by atoms with Gasteiger partial charge in [-0.2, -0.15) is 0 Å². The van der Waals surface area contributed by atoms with Crippen LogP contribution in [0, 0.1) is 23.4 Å². The van der Waals surface area contributed by atoms with Crippen molar-refractivity contribution in [3.8, 4) is 0 Å². The summed E-state index contributed by atoms with van der Waals surface area (Å²) >= 11 is 0. The zero-order valence-corrected chi connectivity index (χ0v) is 25.2. The number of ether oxygens (including phenoxy) is 3. The maximum Gasteiger partial charge on any atom is 0.407 e. The van der Waals surface area contributed by atoms with Crippen LogP contribution in [0.3, 0.4) is 0 Å². The summed E-state index contributed by atoms with van der Waals surface area (Å²) < 4.78 is 59.1. The van der Waals surface area contributed by atoms with Crippen LogP contribution in [-0.4, -0.2) is 74.7 Å². The molecule has 2 aliphatic heterocycles. The lowest BCUT2D eigenvalue weighted by atomic mass is 9.85. The number of hydrogen-bond donors (Lipinski definition) is 4. The fraction of sp³-hybridized carbons (Fsp3) is 0.424. The van der Waals surface area contributed by atoms with Gasteiger partial charge in [-0.25, -0.2) is 18.0 Å². The summed E-state index contributed by atoms with van der Waals surface area (Å²) in [6.45, 7) is 2.88. The van der Waals surface area contributed by atoms with Gasteiger partial charge in [0.15, 0.2) is 0 Å². The second-order valence-corrected chi connectivity index (χ2v) is 11.5. The van der Waals surface area contributed by atoms with Gasteiger partial charge in [0.25, 0.3) is 0 Å². The predicted molar refractivity (Wildman–Crippen MR) is 164 cm³/mol. The highest BCUT2D eigenvalue weighted by Crippen LogP contribution is 2.29. The predicted octanol–water partition coefficient (Wildman–Crippen LogP) is 3.65. The molecule has 2 amide bonds. The molecule has 5 N–H and O–H groups in total. The first kappa shape index (κ1) is 33.3. The van der Waals surface area contributed by atoms with Crippen molar-refractivity contribution >= 4 is 17.7 Å². The quantitative estimate of drug-likeness (QED) is 0.235. The summed E-state index contributed by atoms with van der Waals surface area (Å²) in [4.78, 5) is 29.5. The molecule has 2 aromatic carbocycles. The van der Waals surface area contributed by atoms with E-state index in [4.69, 9.17) is 19.9 Å². The molecule has 4 atom stereocenters. The van der Waals surface area contributed by atoms with Crippen molar-refractivity contribution in [3.05, 3.63) is 95.1 Å². The lowest BCUT2D eigenvalue weighted by molar-refractivity contribution is -0.117. The fourth-order valence-electron chi connectivity index (χ4n) is 5.68. The van der Waals surface area contributed by atoms with Crippen LogP contribution in [-0.2, 0) is 25.4 Å². The molecule has 10 nitrogen and oxygen atoms in total. The van der Waals surface area contributed by atoms with Crippen LogP contribution in [0.25, 0.3) is 0 Å². The SMILES string of the molecule is NC(C(=O)Nc1cncc(F)c1CC[C@@H]1CNC[C@@H](COC(=O)NCC2CCOC2)O1)C(c1ccc(F)cc1)c1ccc(F)cc1. The van der Waals surface area contributed by atoms with Crippen LogP contribution in [0.15, 0.2) is 60.9 Å². The summed E-state index contributed by atoms with van der Waals surface area (Å²) in [6, 6.07) is 9.89. The summed E-state index contributed by atoms with van der Waals surface area (Å²) in [5.41, 5.74) is 7.94. The molecule has 3 aromatic rings. The minimum absolute atomic E-state index is 0.0581. The number of anilines is 1. The van der Waals surface area contributed by atoms with E-state index in [9.17, 15) is 18.4 Å². The number of pyridine rings is 1. The standard InChI is InChI=1S/C33H38F3N5O5/c34-23-5-1-21(2-6-23)30(22-3-7-24(35)8-4-22)31(37)32(42)41-29-17-39-16-28(36)27(29)10-9-25-14-38-15-26(46-25)19-45-33(43)40-13-20-11-12-44-18-20/h1-8,16-17,20,25-26,30-31,38H,9-15,18-19,37H2,(H,40,43)(H,41,42)/t20?,25-,26+,31?/m1/s1. The van der Waals surface area contributed by atoms with Crippen LogP contribution in [0.4, 0.5) is 23.7 Å². The highest BCUT2D eigenvalue weighted by atomic mass is 19.1. The minimum atomic E-state index is -1.19. The molecule has 2 fully saturated rings. The molecular weight excluding hydrogens is 603 g/mol. The largest absolute Gasteiger partial charge is 0.447 e. The number of morpholine rings is 1. The number of hydrogen-bond acceptors (Lipinski definition) is 8. The molecule has 0 bridgehead atoms. The van der Waals surface area contributed by atoms with Crippen molar-refractivity contribution in [2.45, 2.75) is 43.4 Å². The van der Waals surface area contributed by atoms with E-state index < -0.39 is 41.4 Å². The number of amides is 2. The zero-order chi connectivity index (χ0) is 32.5. The molecule has 2 aliphatic rings. The summed E-state index contributed by atoms with van der Waals surface area (Å²) in [7, 11) is 0. The Balaban J connectivity index is 1.19. The third-order valence-corrected chi connectivity index (χ3v) is 8.19. The highest BCUT2D eigenvalue weighted by molar-refractivity contribution is 5.96. The number of carbonyl (C=O) groups is 2. The zero-order valence-electron chi connectivity index (χ0n) is 25.2. The van der Waals surface area contributed by atoms with Crippen LogP contribution in [0.2, 0.25) is 0 Å². The number of carbonyl (C=O) groups excluding carboxylic acids is 2.